The fourth-order valence-corrected chi connectivity index (χ4v) is 4.69. The Kier molecular flexibility index (Phi) is 6.28. The van der Waals surface area contributed by atoms with Crippen LogP contribution in [0.5, 0.6) is 11.5 Å². The van der Waals surface area contributed by atoms with Crippen molar-refractivity contribution in [1.29, 1.82) is 0 Å². The van der Waals surface area contributed by atoms with Gasteiger partial charge in [0.15, 0.2) is 5.65 Å². The number of nitrogens with zero attached hydrogens (tertiary/aromatic N) is 5. The number of ether oxygens (including phenoxy) is 1. The number of anilines is 1. The Balaban J connectivity index is 1.22. The van der Waals surface area contributed by atoms with Crippen LogP contribution in [0.4, 0.5) is 5.82 Å². The van der Waals surface area contributed by atoms with E-state index < -0.39 is 0 Å². The van der Waals surface area contributed by atoms with E-state index in [1.165, 1.54) is 19.2 Å². The Hall–Kier alpha value is -4.24. The fraction of sp³-hybridized carbons (Fsp3) is 0.286. The van der Waals surface area contributed by atoms with Crippen LogP contribution < -0.4 is 15.8 Å². The highest BCUT2D eigenvalue weighted by molar-refractivity contribution is 5.98. The summed E-state index contributed by atoms with van der Waals surface area (Å²) in [7, 11) is 0. The molecule has 1 saturated carbocycles. The predicted molar refractivity (Wildman–Crippen MR) is 142 cm³/mol. The van der Waals surface area contributed by atoms with Gasteiger partial charge in [-0.1, -0.05) is 24.3 Å². The molecule has 9 nitrogen and oxygen atoms in total. The van der Waals surface area contributed by atoms with Gasteiger partial charge in [-0.2, -0.15) is 5.10 Å². The summed E-state index contributed by atoms with van der Waals surface area (Å²) in [5.41, 5.74) is 8.58. The summed E-state index contributed by atoms with van der Waals surface area (Å²) in [6, 6.07) is 18.0. The summed E-state index contributed by atoms with van der Waals surface area (Å²) in [6.45, 7) is 1.97. The molecule has 2 aromatic carbocycles. The molecule has 1 aliphatic heterocycles. The highest BCUT2D eigenvalue weighted by Gasteiger charge is 2.30. The maximum atomic E-state index is 12.7. The van der Waals surface area contributed by atoms with E-state index in [-0.39, 0.29) is 11.9 Å². The molecule has 1 amide bonds. The van der Waals surface area contributed by atoms with E-state index in [0.29, 0.717) is 30.6 Å². The quantitative estimate of drug-likeness (QED) is 0.356. The molecular weight excluding hydrogens is 466 g/mol. The van der Waals surface area contributed by atoms with E-state index >= 15 is 0 Å². The summed E-state index contributed by atoms with van der Waals surface area (Å²) in [5.74, 6) is 1.91. The normalized spacial score (nSPS) is 17.6. The van der Waals surface area contributed by atoms with E-state index in [4.69, 9.17) is 15.6 Å². The smallest absolute Gasteiger partial charge is 0.246 e. The third-order valence-corrected chi connectivity index (χ3v) is 6.81. The molecule has 3 heterocycles. The average molecular weight is 496 g/mol. The molecule has 1 aliphatic carbocycles. The van der Waals surface area contributed by atoms with Crippen LogP contribution in [0.15, 0.2) is 73.1 Å². The maximum Gasteiger partial charge on any atom is 0.246 e. The van der Waals surface area contributed by atoms with E-state index in [1.807, 2.05) is 70.3 Å². The number of nitrogens with one attached hydrogen (secondary N) is 1. The number of nitrogen functional groups attached to an aromatic ring is 1. The lowest BCUT2D eigenvalue weighted by atomic mass is 10.1. The van der Waals surface area contributed by atoms with Crippen LogP contribution in [-0.2, 0) is 4.79 Å². The molecule has 9 heteroatoms. The predicted octanol–water partition coefficient (Wildman–Crippen LogP) is 3.95. The van der Waals surface area contributed by atoms with Gasteiger partial charge >= 0.3 is 0 Å². The summed E-state index contributed by atoms with van der Waals surface area (Å²) in [6.07, 6.45) is 8.30. The first-order valence-corrected chi connectivity index (χ1v) is 12.7. The Labute approximate surface area is 215 Å². The van der Waals surface area contributed by atoms with Crippen molar-refractivity contribution in [3.05, 3.63) is 73.1 Å². The van der Waals surface area contributed by atoms with Crippen molar-refractivity contribution in [3.63, 3.8) is 0 Å². The average Bonchev–Trinajstić information content (AvgIpc) is 3.46. The Bertz CT molecular complexity index is 1430. The fourth-order valence-electron chi connectivity index (χ4n) is 4.69. The highest BCUT2D eigenvalue weighted by Crippen LogP contribution is 2.35. The van der Waals surface area contributed by atoms with E-state index in [9.17, 15) is 4.79 Å². The lowest BCUT2D eigenvalue weighted by molar-refractivity contribution is -0.125. The lowest BCUT2D eigenvalue weighted by Gasteiger charge is -2.15. The first-order chi connectivity index (χ1) is 18.2. The number of carbonyl (C=O) groups is 1. The van der Waals surface area contributed by atoms with Crippen LogP contribution >= 0.6 is 0 Å². The van der Waals surface area contributed by atoms with Gasteiger partial charge in [-0.25, -0.2) is 14.6 Å². The second-order valence-corrected chi connectivity index (χ2v) is 9.50. The van der Waals surface area contributed by atoms with Crippen LogP contribution in [-0.4, -0.2) is 56.2 Å². The van der Waals surface area contributed by atoms with Crippen molar-refractivity contribution in [2.45, 2.75) is 31.3 Å². The first-order valence-electron chi connectivity index (χ1n) is 12.7. The number of para-hydroxylation sites is 1. The van der Waals surface area contributed by atoms with Gasteiger partial charge in [0, 0.05) is 37.3 Å². The molecule has 1 saturated heterocycles. The number of nitrogens with two attached hydrogens (primary N) is 1. The van der Waals surface area contributed by atoms with Gasteiger partial charge in [-0.3, -0.25) is 4.79 Å². The summed E-state index contributed by atoms with van der Waals surface area (Å²) >= 11 is 0. The van der Waals surface area contributed by atoms with Crippen molar-refractivity contribution in [2.75, 3.05) is 25.4 Å². The molecule has 1 unspecified atom stereocenters. The lowest BCUT2D eigenvalue weighted by Crippen LogP contribution is -2.28. The molecule has 2 aliphatic rings. The monoisotopic (exact) mass is 495 g/mol. The third kappa shape index (κ3) is 5.03. The van der Waals surface area contributed by atoms with Crippen LogP contribution in [0.2, 0.25) is 0 Å². The van der Waals surface area contributed by atoms with Gasteiger partial charge < -0.3 is 20.7 Å². The molecular formula is C28H29N7O2. The molecule has 0 bridgehead atoms. The van der Waals surface area contributed by atoms with Crippen LogP contribution in [0.3, 0.4) is 0 Å². The molecule has 2 aromatic heterocycles. The molecule has 0 radical (unpaired) electrons. The molecule has 6 rings (SSSR count). The van der Waals surface area contributed by atoms with Crippen LogP contribution in [0.25, 0.3) is 22.3 Å². The topological polar surface area (TPSA) is 111 Å². The number of likely N-dealkylation sites (tertiary alicyclic amines) is 1. The Morgan fingerprint density at radius 2 is 1.84 bits per heavy atom. The van der Waals surface area contributed by atoms with E-state index in [2.05, 4.69) is 15.3 Å². The van der Waals surface area contributed by atoms with Crippen LogP contribution in [0.1, 0.15) is 25.3 Å². The van der Waals surface area contributed by atoms with E-state index in [1.54, 1.807) is 6.08 Å². The van der Waals surface area contributed by atoms with Crippen molar-refractivity contribution in [2.24, 2.45) is 0 Å². The number of hydrogen-bond donors (Lipinski definition) is 2. The van der Waals surface area contributed by atoms with Crippen LogP contribution in [0, 0.1) is 0 Å². The largest absolute Gasteiger partial charge is 0.457 e. The minimum atomic E-state index is 0.00757. The summed E-state index contributed by atoms with van der Waals surface area (Å²) in [4.78, 5) is 23.3. The van der Waals surface area contributed by atoms with Gasteiger partial charge in [0.05, 0.1) is 11.4 Å². The number of amides is 1. The molecule has 0 spiro atoms. The zero-order valence-electron chi connectivity index (χ0n) is 20.5. The number of benzene rings is 2. The minimum absolute atomic E-state index is 0.00757. The zero-order valence-corrected chi connectivity index (χ0v) is 20.5. The summed E-state index contributed by atoms with van der Waals surface area (Å²) < 4.78 is 7.83. The second-order valence-electron chi connectivity index (χ2n) is 9.50. The van der Waals surface area contributed by atoms with E-state index in [0.717, 1.165) is 41.1 Å². The van der Waals surface area contributed by atoms with Crippen molar-refractivity contribution in [3.8, 4) is 22.8 Å². The molecule has 3 N–H and O–H groups in total. The second kappa shape index (κ2) is 10.0. The molecule has 2 fully saturated rings. The van der Waals surface area contributed by atoms with Crippen molar-refractivity contribution < 1.29 is 9.53 Å². The SMILES string of the molecule is Nc1ncnc2c1c(-c1ccc(Oc3ccccc3)cc1)nn2C1CCN(C(=O)C=CCNC2CC2)C1. The molecule has 37 heavy (non-hydrogen) atoms. The highest BCUT2D eigenvalue weighted by atomic mass is 16.5. The molecule has 188 valence electrons. The number of hydrogen-bond acceptors (Lipinski definition) is 7. The number of fused-ring (bicyclic) bond motifs is 1. The molecule has 4 aromatic rings. The van der Waals surface area contributed by atoms with Gasteiger partial charge in [0.25, 0.3) is 0 Å². The summed E-state index contributed by atoms with van der Waals surface area (Å²) in [5, 5.41) is 9.05. The molecule has 1 atom stereocenters. The number of rotatable bonds is 8. The van der Waals surface area contributed by atoms with Crippen molar-refractivity contribution in [1.82, 2.24) is 30.0 Å². The third-order valence-electron chi connectivity index (χ3n) is 6.81. The van der Waals surface area contributed by atoms with Gasteiger partial charge in [0.1, 0.15) is 29.3 Å². The van der Waals surface area contributed by atoms with Gasteiger partial charge in [-0.05, 0) is 55.7 Å². The van der Waals surface area contributed by atoms with Gasteiger partial charge in [0.2, 0.25) is 5.91 Å². The standard InChI is InChI=1S/C28H29N7O2/c29-27-25-26(19-8-12-23(13-9-19)37-22-5-2-1-3-6-22)33-35(28(25)32-18-31-27)21-14-16-34(17-21)24(36)7-4-15-30-20-10-11-20/h1-9,12-13,18,20-21,30H,10-11,14-17H2,(H2,29,31,32). The Morgan fingerprint density at radius 1 is 1.05 bits per heavy atom. The minimum Gasteiger partial charge on any atom is -0.457 e. The number of carbonyl (C=O) groups excluding carboxylic acids is 1. The maximum absolute atomic E-state index is 12.7. The first kappa shape index (κ1) is 23.2. The van der Waals surface area contributed by atoms with Gasteiger partial charge in [-0.15, -0.1) is 0 Å². The van der Waals surface area contributed by atoms with Crippen molar-refractivity contribution >= 4 is 22.8 Å². The zero-order chi connectivity index (χ0) is 25.2. The Morgan fingerprint density at radius 3 is 2.62 bits per heavy atom. The number of aromatic nitrogens is 4.